The molecule has 56 valence electrons. The fourth-order valence-electron chi connectivity index (χ4n) is 0.592. The monoisotopic (exact) mass is 164 g/mol. The van der Waals surface area contributed by atoms with Crippen LogP contribution in [0.25, 0.3) is 0 Å². The predicted octanol–water partition coefficient (Wildman–Crippen LogP) is 2.90. The van der Waals surface area contributed by atoms with E-state index in [4.69, 9.17) is 4.42 Å². The van der Waals surface area contributed by atoms with Crippen molar-refractivity contribution in [1.29, 1.82) is 0 Å². The van der Waals surface area contributed by atoms with Gasteiger partial charge in [0.1, 0.15) is 5.76 Å². The molecule has 0 bridgehead atoms. The molecule has 0 saturated heterocycles. The summed E-state index contributed by atoms with van der Waals surface area (Å²) in [6.07, 6.45) is 1.40. The van der Waals surface area contributed by atoms with Crippen molar-refractivity contribution in [3.63, 3.8) is 0 Å². The zero-order valence-corrected chi connectivity index (χ0v) is 6.12. The van der Waals surface area contributed by atoms with Crippen molar-refractivity contribution in [1.82, 2.24) is 0 Å². The van der Waals surface area contributed by atoms with Crippen molar-refractivity contribution in [2.24, 2.45) is 0 Å². The van der Waals surface area contributed by atoms with Gasteiger partial charge in [0.25, 0.3) is 5.76 Å². The summed E-state index contributed by atoms with van der Waals surface area (Å²) in [5, 5.41) is 0. The minimum Gasteiger partial charge on any atom is -0.468 e. The molecule has 0 aliphatic heterocycles. The third kappa shape index (κ3) is 1.73. The molecule has 1 rings (SSSR count). The molecule has 0 fully saturated rings. The Morgan fingerprint density at radius 3 is 2.70 bits per heavy atom. The average Bonchev–Trinajstić information content (AvgIpc) is 2.15. The lowest BCUT2D eigenvalue weighted by molar-refractivity contribution is 0.252. The number of alkyl halides is 2. The quantitative estimate of drug-likeness (QED) is 0.623. The third-order valence-electron chi connectivity index (χ3n) is 1.03. The lowest BCUT2D eigenvalue weighted by Crippen LogP contribution is -1.79. The van der Waals surface area contributed by atoms with Gasteiger partial charge < -0.3 is 4.42 Å². The highest BCUT2D eigenvalue weighted by Crippen LogP contribution is 2.28. The summed E-state index contributed by atoms with van der Waals surface area (Å²) < 4.78 is 28.2. The first kappa shape index (κ1) is 7.60. The summed E-state index contributed by atoms with van der Waals surface area (Å²) in [7, 11) is 0. The lowest BCUT2D eigenvalue weighted by atomic mass is 10.5. The van der Waals surface area contributed by atoms with E-state index < -0.39 is 5.76 Å². The standard InChI is InChI=1S/C6H6F2OS/c1-4-5(2-3-9-4)10-6(7)8/h2-3,6H,1H3. The van der Waals surface area contributed by atoms with Crippen LogP contribution in [0.1, 0.15) is 5.76 Å². The summed E-state index contributed by atoms with van der Waals surface area (Å²) in [6, 6.07) is 1.53. The Balaban J connectivity index is 2.65. The Hall–Kier alpha value is -0.510. The SMILES string of the molecule is Cc1occc1SC(F)F. The smallest absolute Gasteiger partial charge is 0.289 e. The van der Waals surface area contributed by atoms with E-state index in [1.807, 2.05) is 0 Å². The lowest BCUT2D eigenvalue weighted by Gasteiger charge is -1.94. The normalized spacial score (nSPS) is 10.8. The number of hydrogen-bond acceptors (Lipinski definition) is 2. The maximum atomic E-state index is 11.7. The summed E-state index contributed by atoms with van der Waals surface area (Å²) in [5.41, 5.74) is 0. The van der Waals surface area contributed by atoms with Crippen LogP contribution in [0, 0.1) is 6.92 Å². The minimum atomic E-state index is -2.36. The van der Waals surface area contributed by atoms with Crippen molar-refractivity contribution in [3.05, 3.63) is 18.1 Å². The molecule has 0 atom stereocenters. The molecule has 1 aromatic rings. The summed E-state index contributed by atoms with van der Waals surface area (Å²) >= 11 is 0.505. The molecule has 0 spiro atoms. The van der Waals surface area contributed by atoms with Gasteiger partial charge in [-0.3, -0.25) is 0 Å². The number of furan rings is 1. The second kappa shape index (κ2) is 3.05. The molecule has 0 amide bonds. The van der Waals surface area contributed by atoms with Crippen LogP contribution in [0.4, 0.5) is 8.78 Å². The van der Waals surface area contributed by atoms with Crippen molar-refractivity contribution < 1.29 is 13.2 Å². The van der Waals surface area contributed by atoms with Crippen LogP contribution in [0.15, 0.2) is 21.6 Å². The molecule has 0 aliphatic rings. The van der Waals surface area contributed by atoms with Crippen LogP contribution in [-0.2, 0) is 0 Å². The van der Waals surface area contributed by atoms with Gasteiger partial charge in [0.2, 0.25) is 0 Å². The maximum absolute atomic E-state index is 11.7. The largest absolute Gasteiger partial charge is 0.468 e. The number of aryl methyl sites for hydroxylation is 1. The fourth-order valence-corrected chi connectivity index (χ4v) is 1.13. The molecule has 1 heterocycles. The van der Waals surface area contributed by atoms with Gasteiger partial charge in [0, 0.05) is 0 Å². The highest BCUT2D eigenvalue weighted by molar-refractivity contribution is 7.99. The molecular weight excluding hydrogens is 158 g/mol. The molecular formula is C6H6F2OS. The van der Waals surface area contributed by atoms with E-state index in [2.05, 4.69) is 0 Å². The number of halogens is 2. The van der Waals surface area contributed by atoms with Gasteiger partial charge in [-0.15, -0.1) is 0 Å². The highest BCUT2D eigenvalue weighted by Gasteiger charge is 2.08. The van der Waals surface area contributed by atoms with Gasteiger partial charge in [-0.1, -0.05) is 11.8 Å². The molecule has 0 N–H and O–H groups in total. The van der Waals surface area contributed by atoms with Gasteiger partial charge in [-0.2, -0.15) is 8.78 Å². The van der Waals surface area contributed by atoms with Crippen molar-refractivity contribution in [2.45, 2.75) is 17.6 Å². The zero-order valence-electron chi connectivity index (χ0n) is 5.30. The van der Waals surface area contributed by atoms with Gasteiger partial charge in [0.15, 0.2) is 0 Å². The maximum Gasteiger partial charge on any atom is 0.289 e. The van der Waals surface area contributed by atoms with Crippen LogP contribution < -0.4 is 0 Å². The van der Waals surface area contributed by atoms with Crippen molar-refractivity contribution in [3.8, 4) is 0 Å². The Bertz CT molecular complexity index is 209. The second-order valence-corrected chi connectivity index (χ2v) is 2.75. The first-order chi connectivity index (χ1) is 4.70. The first-order valence-corrected chi connectivity index (χ1v) is 3.57. The average molecular weight is 164 g/mol. The highest BCUT2D eigenvalue weighted by atomic mass is 32.2. The second-order valence-electron chi connectivity index (χ2n) is 1.72. The molecule has 0 saturated carbocycles. The Kier molecular flexibility index (Phi) is 2.32. The van der Waals surface area contributed by atoms with E-state index in [9.17, 15) is 8.78 Å². The van der Waals surface area contributed by atoms with E-state index in [1.54, 1.807) is 6.92 Å². The molecule has 4 heteroatoms. The van der Waals surface area contributed by atoms with Crippen LogP contribution in [0.3, 0.4) is 0 Å². The van der Waals surface area contributed by atoms with Crippen LogP contribution in [0.5, 0.6) is 0 Å². The van der Waals surface area contributed by atoms with E-state index >= 15 is 0 Å². The molecule has 0 aromatic carbocycles. The number of thioether (sulfide) groups is 1. The fraction of sp³-hybridized carbons (Fsp3) is 0.333. The van der Waals surface area contributed by atoms with Gasteiger partial charge in [0.05, 0.1) is 11.2 Å². The first-order valence-electron chi connectivity index (χ1n) is 2.69. The summed E-state index contributed by atoms with van der Waals surface area (Å²) in [4.78, 5) is 0.509. The molecule has 0 unspecified atom stereocenters. The van der Waals surface area contributed by atoms with E-state index in [-0.39, 0.29) is 0 Å². The van der Waals surface area contributed by atoms with Crippen molar-refractivity contribution in [2.75, 3.05) is 0 Å². The van der Waals surface area contributed by atoms with Gasteiger partial charge in [-0.25, -0.2) is 0 Å². The Morgan fingerprint density at radius 1 is 1.60 bits per heavy atom. The Labute approximate surface area is 61.4 Å². The third-order valence-corrected chi connectivity index (χ3v) is 1.88. The molecule has 10 heavy (non-hydrogen) atoms. The number of hydrogen-bond donors (Lipinski definition) is 0. The summed E-state index contributed by atoms with van der Waals surface area (Å²) in [5.74, 6) is -1.82. The molecule has 0 radical (unpaired) electrons. The number of rotatable bonds is 2. The predicted molar refractivity (Wildman–Crippen MR) is 35.3 cm³/mol. The summed E-state index contributed by atoms with van der Waals surface area (Å²) in [6.45, 7) is 1.66. The molecule has 0 aliphatic carbocycles. The van der Waals surface area contributed by atoms with Crippen LogP contribution in [0.2, 0.25) is 0 Å². The Morgan fingerprint density at radius 2 is 2.30 bits per heavy atom. The van der Waals surface area contributed by atoms with Gasteiger partial charge in [-0.05, 0) is 13.0 Å². The van der Waals surface area contributed by atoms with Crippen LogP contribution in [-0.4, -0.2) is 5.76 Å². The molecule has 1 nitrogen and oxygen atoms in total. The zero-order chi connectivity index (χ0) is 7.56. The van der Waals surface area contributed by atoms with Crippen LogP contribution >= 0.6 is 11.8 Å². The minimum absolute atomic E-state index is 0.505. The van der Waals surface area contributed by atoms with E-state index in [1.165, 1.54) is 12.3 Å². The van der Waals surface area contributed by atoms with Gasteiger partial charge >= 0.3 is 0 Å². The molecule has 1 aromatic heterocycles. The topological polar surface area (TPSA) is 13.1 Å². The van der Waals surface area contributed by atoms with E-state index in [0.717, 1.165) is 0 Å². The van der Waals surface area contributed by atoms with E-state index in [0.29, 0.717) is 22.4 Å². The van der Waals surface area contributed by atoms with Crippen molar-refractivity contribution >= 4 is 11.8 Å².